The third-order valence-electron chi connectivity index (χ3n) is 15.3. The molecular weight excluding hydrogens is 988 g/mol. The number of nitrogens with one attached hydrogen (secondary N) is 1. The van der Waals surface area contributed by atoms with Gasteiger partial charge in [0.05, 0.1) is 33.8 Å². The van der Waals surface area contributed by atoms with Crippen LogP contribution in [0.4, 0.5) is 0 Å². The van der Waals surface area contributed by atoms with Crippen LogP contribution >= 0.6 is 7.82 Å². The number of ether oxygens (including phenoxy) is 1. The number of allylic oxidation sites excluding steroid dienone is 5. The van der Waals surface area contributed by atoms with Crippen LogP contribution in [-0.2, 0) is 27.9 Å². The lowest BCUT2D eigenvalue weighted by Crippen LogP contribution is -2.47. The zero-order valence-electron chi connectivity index (χ0n) is 52.7. The first-order chi connectivity index (χ1) is 37.9. The summed E-state index contributed by atoms with van der Waals surface area (Å²) in [5.41, 5.74) is 0. The molecule has 0 spiro atoms. The van der Waals surface area contributed by atoms with Crippen molar-refractivity contribution in [2.24, 2.45) is 0 Å². The molecule has 10 heteroatoms. The van der Waals surface area contributed by atoms with Crippen molar-refractivity contribution in [2.45, 2.75) is 348 Å². The SMILES string of the molecule is CCCCCCCC/C=C/CCCCCCCCCCCCCCCCCC(=O)OC(/C=C\CCCCCCCCCCCCC)C(COP(=O)(O)OCC[N+](C)(C)C)NC(=O)CCCCC/C=C\CCCCCCCCC. The molecule has 460 valence electrons. The second-order valence-electron chi connectivity index (χ2n) is 24.3. The number of nitrogens with zero attached hydrogens (tertiary/aromatic N) is 1. The molecule has 3 unspecified atom stereocenters. The molecule has 2 N–H and O–H groups in total. The number of likely N-dealkylation sites (N-methyl/N-ethyl adjacent to an activating group) is 1. The van der Waals surface area contributed by atoms with E-state index in [9.17, 15) is 19.0 Å². The molecule has 1 amide bonds. The number of rotatable bonds is 62. The number of amides is 1. The zero-order valence-corrected chi connectivity index (χ0v) is 53.6. The highest BCUT2D eigenvalue weighted by molar-refractivity contribution is 7.47. The molecule has 0 bridgehead atoms. The molecule has 9 nitrogen and oxygen atoms in total. The number of esters is 1. The molecule has 0 fully saturated rings. The Balaban J connectivity index is 5.08. The summed E-state index contributed by atoms with van der Waals surface area (Å²) in [6, 6.07) is -0.853. The monoisotopic (exact) mass is 1120 g/mol. The first kappa shape index (κ1) is 76.2. The van der Waals surface area contributed by atoms with Gasteiger partial charge in [0, 0.05) is 12.8 Å². The van der Waals surface area contributed by atoms with Crippen molar-refractivity contribution < 1.29 is 37.3 Å². The maximum Gasteiger partial charge on any atom is 0.472 e. The van der Waals surface area contributed by atoms with E-state index in [0.717, 1.165) is 70.6 Å². The van der Waals surface area contributed by atoms with E-state index >= 15 is 0 Å². The summed E-state index contributed by atoms with van der Waals surface area (Å²) < 4.78 is 30.8. The summed E-state index contributed by atoms with van der Waals surface area (Å²) in [5.74, 6) is -0.508. The Morgan fingerprint density at radius 3 is 1.10 bits per heavy atom. The largest absolute Gasteiger partial charge is 0.472 e. The summed E-state index contributed by atoms with van der Waals surface area (Å²) in [7, 11) is 1.50. The normalized spacial score (nSPS) is 13.8. The first-order valence-electron chi connectivity index (χ1n) is 33.8. The molecule has 0 aliphatic carbocycles. The van der Waals surface area contributed by atoms with Crippen LogP contribution in [0.5, 0.6) is 0 Å². The number of quaternary nitrogens is 1. The zero-order chi connectivity index (χ0) is 57.2. The number of carbonyl (C=O) groups is 2. The predicted molar refractivity (Wildman–Crippen MR) is 337 cm³/mol. The predicted octanol–water partition coefficient (Wildman–Crippen LogP) is 21.1. The van der Waals surface area contributed by atoms with Crippen molar-refractivity contribution in [1.29, 1.82) is 0 Å². The van der Waals surface area contributed by atoms with Crippen LogP contribution in [0.3, 0.4) is 0 Å². The van der Waals surface area contributed by atoms with E-state index in [4.69, 9.17) is 13.8 Å². The van der Waals surface area contributed by atoms with Gasteiger partial charge in [-0.1, -0.05) is 276 Å². The van der Waals surface area contributed by atoms with Crippen molar-refractivity contribution in [3.05, 3.63) is 36.5 Å². The molecule has 0 aromatic rings. The summed E-state index contributed by atoms with van der Waals surface area (Å²) in [4.78, 5) is 37.8. The van der Waals surface area contributed by atoms with E-state index < -0.39 is 20.0 Å². The van der Waals surface area contributed by atoms with Gasteiger partial charge in [-0.3, -0.25) is 18.6 Å². The highest BCUT2D eigenvalue weighted by Crippen LogP contribution is 2.43. The van der Waals surface area contributed by atoms with E-state index in [1.165, 1.54) is 231 Å². The summed E-state index contributed by atoms with van der Waals surface area (Å²) in [5, 5.41) is 3.06. The number of hydrogen-bond donors (Lipinski definition) is 2. The lowest BCUT2D eigenvalue weighted by Gasteiger charge is -2.27. The van der Waals surface area contributed by atoms with Crippen molar-refractivity contribution in [3.63, 3.8) is 0 Å². The Morgan fingerprint density at radius 2 is 0.744 bits per heavy atom. The summed E-state index contributed by atoms with van der Waals surface area (Å²) >= 11 is 0. The fourth-order valence-electron chi connectivity index (χ4n) is 10.0. The van der Waals surface area contributed by atoms with Crippen molar-refractivity contribution in [3.8, 4) is 0 Å². The molecule has 0 saturated heterocycles. The highest BCUT2D eigenvalue weighted by Gasteiger charge is 2.30. The minimum Gasteiger partial charge on any atom is -0.456 e. The van der Waals surface area contributed by atoms with Crippen LogP contribution in [0.25, 0.3) is 0 Å². The van der Waals surface area contributed by atoms with Gasteiger partial charge in [0.15, 0.2) is 0 Å². The fraction of sp³-hybridized carbons (Fsp3) is 0.882. The van der Waals surface area contributed by atoms with Gasteiger partial charge >= 0.3 is 13.8 Å². The van der Waals surface area contributed by atoms with Crippen LogP contribution in [0.2, 0.25) is 0 Å². The smallest absolute Gasteiger partial charge is 0.456 e. The molecule has 0 aromatic heterocycles. The van der Waals surface area contributed by atoms with E-state index in [-0.39, 0.29) is 25.1 Å². The van der Waals surface area contributed by atoms with Crippen molar-refractivity contribution in [1.82, 2.24) is 5.32 Å². The standard InChI is InChI=1S/C68H131N2O7P/c1-7-10-13-16-19-22-25-28-30-31-32-33-34-35-36-37-38-39-40-43-46-49-52-55-58-61-68(72)77-66(59-56-53-50-47-44-41-27-24-21-18-15-12-9-3)65(64-76-78(73,74)75-63-62-70(4,5)6)69-67(71)60-57-54-51-48-45-42-29-26-23-20-17-14-11-8-2/h28,30,42,45,56,59,65-66H,7-27,29,31-41,43-44,46-55,57-58,60-64H2,1-6H3,(H-,69,71,73,74)/p+1/b30-28+,45-42-,59-56-. The quantitative estimate of drug-likeness (QED) is 0.0205. The lowest BCUT2D eigenvalue weighted by molar-refractivity contribution is -0.870. The highest BCUT2D eigenvalue weighted by atomic mass is 31.2. The number of phosphoric ester groups is 1. The molecule has 0 aliphatic rings. The van der Waals surface area contributed by atoms with E-state index in [1.807, 2.05) is 33.3 Å². The van der Waals surface area contributed by atoms with Crippen LogP contribution in [0.1, 0.15) is 335 Å². The van der Waals surface area contributed by atoms with Gasteiger partial charge in [-0.15, -0.1) is 0 Å². The third kappa shape index (κ3) is 58.9. The van der Waals surface area contributed by atoms with E-state index in [0.29, 0.717) is 23.9 Å². The summed E-state index contributed by atoms with van der Waals surface area (Å²) in [6.45, 7) is 7.04. The van der Waals surface area contributed by atoms with Crippen molar-refractivity contribution >= 4 is 19.7 Å². The molecule has 78 heavy (non-hydrogen) atoms. The van der Waals surface area contributed by atoms with Crippen LogP contribution in [0.15, 0.2) is 36.5 Å². The van der Waals surface area contributed by atoms with Gasteiger partial charge in [-0.25, -0.2) is 4.57 Å². The Hall–Kier alpha value is -1.77. The third-order valence-corrected chi connectivity index (χ3v) is 16.3. The van der Waals surface area contributed by atoms with E-state index in [1.54, 1.807) is 0 Å². The minimum atomic E-state index is -4.45. The number of phosphoric acid groups is 1. The molecule has 0 radical (unpaired) electrons. The van der Waals surface area contributed by atoms with Gasteiger partial charge in [0.2, 0.25) is 5.91 Å². The van der Waals surface area contributed by atoms with Gasteiger partial charge in [-0.05, 0) is 83.1 Å². The molecular formula is C68H132N2O7P+. The fourth-order valence-corrected chi connectivity index (χ4v) is 10.8. The van der Waals surface area contributed by atoms with Crippen molar-refractivity contribution in [2.75, 3.05) is 40.9 Å². The number of carbonyl (C=O) groups excluding carboxylic acids is 2. The van der Waals surface area contributed by atoms with Crippen LogP contribution in [-0.4, -0.2) is 74.3 Å². The number of hydrogen-bond acceptors (Lipinski definition) is 6. The Morgan fingerprint density at radius 1 is 0.436 bits per heavy atom. The Bertz CT molecular complexity index is 1430. The summed E-state index contributed by atoms with van der Waals surface area (Å²) in [6.07, 6.45) is 71.6. The van der Waals surface area contributed by atoms with Gasteiger partial charge in [0.1, 0.15) is 19.3 Å². The number of unbranched alkanes of at least 4 members (excludes halogenated alkanes) is 42. The van der Waals surface area contributed by atoms with Gasteiger partial charge in [-0.2, -0.15) is 0 Å². The molecule has 3 atom stereocenters. The molecule has 0 heterocycles. The average molecular weight is 1120 g/mol. The van der Waals surface area contributed by atoms with Crippen LogP contribution in [0, 0.1) is 0 Å². The molecule has 0 rings (SSSR count). The van der Waals surface area contributed by atoms with Gasteiger partial charge in [0.25, 0.3) is 0 Å². The Labute approximate surface area is 485 Å². The molecule has 0 aromatic carbocycles. The molecule has 0 saturated carbocycles. The van der Waals surface area contributed by atoms with Gasteiger partial charge < -0.3 is 19.4 Å². The lowest BCUT2D eigenvalue weighted by atomic mass is 10.0. The van der Waals surface area contributed by atoms with Crippen LogP contribution < -0.4 is 5.32 Å². The average Bonchev–Trinajstić information content (AvgIpc) is 3.40. The minimum absolute atomic E-state index is 0.0399. The maximum atomic E-state index is 13.5. The Kier molecular flexibility index (Phi) is 57.1. The molecule has 0 aliphatic heterocycles. The topological polar surface area (TPSA) is 111 Å². The second-order valence-corrected chi connectivity index (χ2v) is 25.8. The second kappa shape index (κ2) is 58.4. The maximum absolute atomic E-state index is 13.5. The first-order valence-corrected chi connectivity index (χ1v) is 35.3. The van der Waals surface area contributed by atoms with E-state index in [2.05, 4.69) is 50.4 Å².